The van der Waals surface area contributed by atoms with Crippen molar-refractivity contribution in [1.82, 2.24) is 0 Å². The van der Waals surface area contributed by atoms with Gasteiger partial charge in [-0.3, -0.25) is 0 Å². The van der Waals surface area contributed by atoms with E-state index in [0.717, 1.165) is 51.0 Å². The molecule has 0 heterocycles. The van der Waals surface area contributed by atoms with Crippen molar-refractivity contribution in [3.05, 3.63) is 139 Å². The number of benzene rings is 4. The first-order valence-corrected chi connectivity index (χ1v) is 11.5. The fourth-order valence-electron chi connectivity index (χ4n) is 3.69. The van der Waals surface area contributed by atoms with Gasteiger partial charge in [0.05, 0.1) is 11.4 Å². The van der Waals surface area contributed by atoms with Gasteiger partial charge in [0.2, 0.25) is 0 Å². The van der Waals surface area contributed by atoms with Crippen LogP contribution in [0.25, 0.3) is 6.08 Å². The quantitative estimate of drug-likeness (QED) is 0.258. The highest BCUT2D eigenvalue weighted by atomic mass is 14.9. The number of anilines is 5. The lowest BCUT2D eigenvalue weighted by atomic mass is 10.0. The summed E-state index contributed by atoms with van der Waals surface area (Å²) in [5.74, 6) is 0. The molecule has 0 aliphatic heterocycles. The molecule has 170 valence electrons. The van der Waals surface area contributed by atoms with Crippen LogP contribution < -0.4 is 16.4 Å². The first-order chi connectivity index (χ1) is 17.2. The molecule has 4 N–H and O–H groups in total. The molecule has 4 aromatic rings. The lowest BCUT2D eigenvalue weighted by Gasteiger charge is -2.10. The van der Waals surface area contributed by atoms with Crippen molar-refractivity contribution in [3.8, 4) is 0 Å². The Morgan fingerprint density at radius 2 is 1.06 bits per heavy atom. The van der Waals surface area contributed by atoms with E-state index in [0.29, 0.717) is 0 Å². The number of nitrogens with two attached hydrogens (primary N) is 1. The van der Waals surface area contributed by atoms with Crippen molar-refractivity contribution in [2.75, 3.05) is 16.4 Å². The van der Waals surface area contributed by atoms with E-state index in [1.54, 1.807) is 0 Å². The van der Waals surface area contributed by atoms with E-state index in [1.807, 2.05) is 54.6 Å². The normalized spacial score (nSPS) is 12.3. The van der Waals surface area contributed by atoms with Crippen LogP contribution in [0.3, 0.4) is 0 Å². The number of nitrogens with one attached hydrogen (secondary N) is 2. The molecule has 0 aromatic heterocycles. The molecular formula is C31H26N4. The van der Waals surface area contributed by atoms with Gasteiger partial charge in [-0.2, -0.15) is 0 Å². The van der Waals surface area contributed by atoms with Crippen molar-refractivity contribution in [2.24, 2.45) is 4.99 Å². The largest absolute Gasteiger partial charge is 0.399 e. The monoisotopic (exact) mass is 454 g/mol. The Kier molecular flexibility index (Phi) is 6.54. The predicted molar refractivity (Wildman–Crippen MR) is 150 cm³/mol. The summed E-state index contributed by atoms with van der Waals surface area (Å²) < 4.78 is 0. The fourth-order valence-corrected chi connectivity index (χ4v) is 3.69. The Hall–Kier alpha value is -4.83. The molecule has 0 saturated heterocycles. The Morgan fingerprint density at radius 1 is 0.543 bits per heavy atom. The van der Waals surface area contributed by atoms with Crippen LogP contribution in [-0.2, 0) is 0 Å². The van der Waals surface area contributed by atoms with Crippen LogP contribution in [-0.4, -0.2) is 5.71 Å². The van der Waals surface area contributed by atoms with Gasteiger partial charge in [0.15, 0.2) is 0 Å². The molecule has 1 aliphatic carbocycles. The maximum atomic E-state index is 5.74. The Morgan fingerprint density at radius 3 is 1.63 bits per heavy atom. The second kappa shape index (κ2) is 10.4. The smallest absolute Gasteiger partial charge is 0.0638 e. The van der Waals surface area contributed by atoms with Gasteiger partial charge in [-0.25, -0.2) is 4.99 Å². The molecule has 0 spiro atoms. The lowest BCUT2D eigenvalue weighted by molar-refractivity contribution is 1.51. The third kappa shape index (κ3) is 6.15. The van der Waals surface area contributed by atoms with Gasteiger partial charge in [0, 0.05) is 28.4 Å². The predicted octanol–water partition coefficient (Wildman–Crippen LogP) is 8.04. The summed E-state index contributed by atoms with van der Waals surface area (Å²) in [6.07, 6.45) is 10.4. The zero-order chi connectivity index (χ0) is 23.9. The molecule has 4 aromatic carbocycles. The van der Waals surface area contributed by atoms with Gasteiger partial charge in [0.25, 0.3) is 0 Å². The van der Waals surface area contributed by atoms with Gasteiger partial charge >= 0.3 is 0 Å². The summed E-state index contributed by atoms with van der Waals surface area (Å²) in [6, 6.07) is 34.4. The molecule has 0 radical (unpaired) electrons. The first-order valence-electron chi connectivity index (χ1n) is 11.5. The maximum absolute atomic E-state index is 5.74. The lowest BCUT2D eigenvalue weighted by Crippen LogP contribution is -1.93. The van der Waals surface area contributed by atoms with Gasteiger partial charge in [-0.05, 0) is 102 Å². The highest BCUT2D eigenvalue weighted by Gasteiger charge is 2.01. The van der Waals surface area contributed by atoms with Crippen molar-refractivity contribution in [2.45, 2.75) is 0 Å². The van der Waals surface area contributed by atoms with E-state index in [9.17, 15) is 0 Å². The first kappa shape index (κ1) is 22.0. The van der Waals surface area contributed by atoms with Gasteiger partial charge in [-0.1, -0.05) is 42.5 Å². The third-order valence-corrected chi connectivity index (χ3v) is 5.52. The van der Waals surface area contributed by atoms with Crippen LogP contribution >= 0.6 is 0 Å². The Bertz CT molecular complexity index is 1380. The molecule has 0 amide bonds. The van der Waals surface area contributed by atoms with Crippen LogP contribution in [0.5, 0.6) is 0 Å². The Balaban J connectivity index is 1.18. The van der Waals surface area contributed by atoms with Crippen LogP contribution in [0.2, 0.25) is 0 Å². The topological polar surface area (TPSA) is 62.4 Å². The number of hydrogen-bond donors (Lipinski definition) is 3. The highest BCUT2D eigenvalue weighted by molar-refractivity contribution is 6.07. The number of nitrogens with zero attached hydrogens (tertiary/aromatic N) is 1. The van der Waals surface area contributed by atoms with Crippen LogP contribution in [0, 0.1) is 0 Å². The minimum absolute atomic E-state index is 0.740. The molecule has 1 aliphatic rings. The van der Waals surface area contributed by atoms with Crippen molar-refractivity contribution >= 4 is 45.9 Å². The second-order valence-electron chi connectivity index (χ2n) is 8.25. The minimum Gasteiger partial charge on any atom is -0.399 e. The van der Waals surface area contributed by atoms with E-state index >= 15 is 0 Å². The summed E-state index contributed by atoms with van der Waals surface area (Å²) in [4.78, 5) is 4.63. The number of rotatable bonds is 6. The molecule has 4 nitrogen and oxygen atoms in total. The summed E-state index contributed by atoms with van der Waals surface area (Å²) in [5, 5.41) is 6.86. The molecule has 0 saturated carbocycles. The van der Waals surface area contributed by atoms with E-state index in [-0.39, 0.29) is 0 Å². The summed E-state index contributed by atoms with van der Waals surface area (Å²) >= 11 is 0. The molecule has 0 atom stereocenters. The van der Waals surface area contributed by atoms with Crippen molar-refractivity contribution in [1.29, 1.82) is 0 Å². The van der Waals surface area contributed by atoms with Gasteiger partial charge < -0.3 is 16.4 Å². The second-order valence-corrected chi connectivity index (χ2v) is 8.25. The number of para-hydroxylation sites is 1. The van der Waals surface area contributed by atoms with E-state index in [2.05, 4.69) is 94.5 Å². The molecule has 4 heteroatoms. The number of hydrogen-bond acceptors (Lipinski definition) is 4. The van der Waals surface area contributed by atoms with E-state index in [4.69, 9.17) is 5.73 Å². The molecule has 5 rings (SSSR count). The van der Waals surface area contributed by atoms with E-state index in [1.165, 1.54) is 0 Å². The van der Waals surface area contributed by atoms with Crippen molar-refractivity contribution < 1.29 is 0 Å². The average molecular weight is 455 g/mol. The maximum Gasteiger partial charge on any atom is 0.0638 e. The molecular weight excluding hydrogens is 428 g/mol. The molecule has 0 bridgehead atoms. The van der Waals surface area contributed by atoms with Crippen LogP contribution in [0.1, 0.15) is 5.56 Å². The standard InChI is InChI=1S/C31H26N4/c32-25-10-16-29(17-11-25)34-27-12-6-23(7-13-27)22-24-8-14-28(15-9-24)35-31-20-18-30(19-21-31)33-26-4-2-1-3-5-26/h1-22,33,35H,32H2. The summed E-state index contributed by atoms with van der Waals surface area (Å²) in [6.45, 7) is 0. The molecule has 0 unspecified atom stereocenters. The summed E-state index contributed by atoms with van der Waals surface area (Å²) in [7, 11) is 0. The minimum atomic E-state index is 0.740. The Labute approximate surface area is 205 Å². The third-order valence-electron chi connectivity index (χ3n) is 5.52. The average Bonchev–Trinajstić information content (AvgIpc) is 2.89. The summed E-state index contributed by atoms with van der Waals surface area (Å²) in [5.41, 5.74) is 14.8. The zero-order valence-electron chi connectivity index (χ0n) is 19.2. The van der Waals surface area contributed by atoms with Gasteiger partial charge in [0.1, 0.15) is 0 Å². The van der Waals surface area contributed by atoms with Crippen molar-refractivity contribution in [3.63, 3.8) is 0 Å². The highest BCUT2D eigenvalue weighted by Crippen LogP contribution is 2.23. The SMILES string of the molecule is Nc1ccc(N=C2C=CC(=Cc3ccc(Nc4ccc(Nc5ccccc5)cc4)cc3)C=C2)cc1. The van der Waals surface area contributed by atoms with Gasteiger partial charge in [-0.15, -0.1) is 0 Å². The molecule has 0 fully saturated rings. The molecule has 35 heavy (non-hydrogen) atoms. The van der Waals surface area contributed by atoms with Crippen LogP contribution in [0.4, 0.5) is 34.1 Å². The number of allylic oxidation sites excluding steroid dienone is 5. The van der Waals surface area contributed by atoms with E-state index < -0.39 is 0 Å². The zero-order valence-corrected chi connectivity index (χ0v) is 19.2. The van der Waals surface area contributed by atoms with Crippen LogP contribution in [0.15, 0.2) is 138 Å². The fraction of sp³-hybridized carbons (Fsp3) is 0. The number of aliphatic imine (C=N–C) groups is 1. The number of nitrogen functional groups attached to an aromatic ring is 1.